The summed E-state index contributed by atoms with van der Waals surface area (Å²) in [7, 11) is 0. The molecule has 0 aliphatic carbocycles. The Hall–Kier alpha value is -1.55. The third kappa shape index (κ3) is 4.73. The number of carbonyl (C=O) groups excluding carboxylic acids is 1. The molecule has 0 radical (unpaired) electrons. The summed E-state index contributed by atoms with van der Waals surface area (Å²) in [6.45, 7) is 7.72. The summed E-state index contributed by atoms with van der Waals surface area (Å²) in [4.78, 5) is 14.2. The average Bonchev–Trinajstić information content (AvgIpc) is 2.49. The van der Waals surface area contributed by atoms with Crippen LogP contribution in [0.15, 0.2) is 24.3 Å². The number of nitrogens with zero attached hydrogens (tertiary/aromatic N) is 1. The van der Waals surface area contributed by atoms with Crippen LogP contribution in [0.5, 0.6) is 5.75 Å². The van der Waals surface area contributed by atoms with Crippen LogP contribution in [-0.2, 0) is 4.79 Å². The van der Waals surface area contributed by atoms with Crippen molar-refractivity contribution in [2.24, 2.45) is 11.7 Å². The molecule has 0 saturated carbocycles. The molecule has 0 spiro atoms. The van der Waals surface area contributed by atoms with Gasteiger partial charge in [0.05, 0.1) is 6.04 Å². The molecule has 1 heterocycles. The van der Waals surface area contributed by atoms with Crippen LogP contribution in [0.3, 0.4) is 0 Å². The maximum atomic E-state index is 12.3. The van der Waals surface area contributed by atoms with Crippen LogP contribution in [0.25, 0.3) is 0 Å². The van der Waals surface area contributed by atoms with Crippen molar-refractivity contribution < 1.29 is 9.53 Å². The molecule has 1 saturated heterocycles. The maximum absolute atomic E-state index is 12.3. The van der Waals surface area contributed by atoms with Crippen molar-refractivity contribution >= 4 is 5.91 Å². The highest BCUT2D eigenvalue weighted by atomic mass is 16.5. The Bertz CT molecular complexity index is 476. The van der Waals surface area contributed by atoms with Crippen molar-refractivity contribution in [3.8, 4) is 5.75 Å². The summed E-state index contributed by atoms with van der Waals surface area (Å²) >= 11 is 0. The van der Waals surface area contributed by atoms with Crippen molar-refractivity contribution in [1.82, 2.24) is 4.90 Å². The fraction of sp³-hybridized carbons (Fsp3) is 0.611. The van der Waals surface area contributed by atoms with Crippen LogP contribution in [0.4, 0.5) is 0 Å². The van der Waals surface area contributed by atoms with Crippen LogP contribution in [0.2, 0.25) is 0 Å². The Kier molecular flexibility index (Phi) is 5.83. The number of aryl methyl sites for hydroxylation is 1. The van der Waals surface area contributed by atoms with E-state index in [1.54, 1.807) is 0 Å². The lowest BCUT2D eigenvalue weighted by Crippen LogP contribution is -2.49. The van der Waals surface area contributed by atoms with Crippen LogP contribution in [0.1, 0.15) is 38.7 Å². The van der Waals surface area contributed by atoms with Crippen LogP contribution >= 0.6 is 0 Å². The smallest absolute Gasteiger partial charge is 0.239 e. The van der Waals surface area contributed by atoms with Gasteiger partial charge in [-0.2, -0.15) is 0 Å². The molecule has 122 valence electrons. The molecule has 2 N–H and O–H groups in total. The topological polar surface area (TPSA) is 55.6 Å². The number of rotatable bonds is 5. The van der Waals surface area contributed by atoms with Gasteiger partial charge in [0.1, 0.15) is 11.9 Å². The summed E-state index contributed by atoms with van der Waals surface area (Å²) in [5, 5.41) is 0. The molecule has 0 bridgehead atoms. The molecule has 0 aromatic heterocycles. The van der Waals surface area contributed by atoms with Gasteiger partial charge in [-0.1, -0.05) is 31.5 Å². The van der Waals surface area contributed by atoms with Crippen LogP contribution in [0, 0.1) is 12.8 Å². The number of likely N-dealkylation sites (tertiary alicyclic amines) is 1. The lowest BCUT2D eigenvalue weighted by Gasteiger charge is -2.34. The van der Waals surface area contributed by atoms with Gasteiger partial charge in [0.25, 0.3) is 0 Å². The highest BCUT2D eigenvalue weighted by Crippen LogP contribution is 2.20. The Morgan fingerprint density at radius 3 is 2.41 bits per heavy atom. The molecule has 1 aromatic carbocycles. The molecule has 0 unspecified atom stereocenters. The number of hydrogen-bond donors (Lipinski definition) is 1. The summed E-state index contributed by atoms with van der Waals surface area (Å²) < 4.78 is 5.99. The first-order chi connectivity index (χ1) is 10.5. The molecule has 1 aliphatic rings. The van der Waals surface area contributed by atoms with Gasteiger partial charge in [-0.25, -0.2) is 0 Å². The Labute approximate surface area is 133 Å². The van der Waals surface area contributed by atoms with Gasteiger partial charge in [-0.05, 0) is 31.4 Å². The highest BCUT2D eigenvalue weighted by Gasteiger charge is 2.27. The molecule has 1 aliphatic heterocycles. The van der Waals surface area contributed by atoms with Crippen molar-refractivity contribution in [2.75, 3.05) is 13.1 Å². The third-order valence-corrected chi connectivity index (χ3v) is 4.12. The Morgan fingerprint density at radius 2 is 1.86 bits per heavy atom. The van der Waals surface area contributed by atoms with E-state index in [1.807, 2.05) is 17.0 Å². The predicted molar refractivity (Wildman–Crippen MR) is 88.8 cm³/mol. The summed E-state index contributed by atoms with van der Waals surface area (Å²) in [6.07, 6.45) is 2.67. The minimum absolute atomic E-state index is 0.0856. The molecular formula is C18H28N2O2. The van der Waals surface area contributed by atoms with Crippen molar-refractivity contribution in [3.63, 3.8) is 0 Å². The zero-order valence-electron chi connectivity index (χ0n) is 13.9. The molecular weight excluding hydrogens is 276 g/mol. The molecule has 4 nitrogen and oxygen atoms in total. The molecule has 1 amide bonds. The second-order valence-corrected chi connectivity index (χ2v) is 6.69. The predicted octanol–water partition coefficient (Wildman–Crippen LogP) is 2.74. The first-order valence-corrected chi connectivity index (χ1v) is 8.23. The van der Waals surface area contributed by atoms with E-state index in [4.69, 9.17) is 10.5 Å². The van der Waals surface area contributed by atoms with Crippen LogP contribution in [-0.4, -0.2) is 36.0 Å². The highest BCUT2D eigenvalue weighted by molar-refractivity contribution is 5.81. The summed E-state index contributed by atoms with van der Waals surface area (Å²) in [6, 6.07) is 7.75. The van der Waals surface area contributed by atoms with E-state index in [9.17, 15) is 4.79 Å². The largest absolute Gasteiger partial charge is 0.490 e. The van der Waals surface area contributed by atoms with E-state index < -0.39 is 0 Å². The number of hydrogen-bond acceptors (Lipinski definition) is 3. The third-order valence-electron chi connectivity index (χ3n) is 4.12. The molecule has 1 atom stereocenters. The van der Waals surface area contributed by atoms with Crippen LogP contribution < -0.4 is 10.5 Å². The van der Waals surface area contributed by atoms with Crippen molar-refractivity contribution in [3.05, 3.63) is 29.8 Å². The first-order valence-electron chi connectivity index (χ1n) is 8.23. The van der Waals surface area contributed by atoms with E-state index in [1.165, 1.54) is 5.56 Å². The number of carbonyl (C=O) groups is 1. The van der Waals surface area contributed by atoms with E-state index >= 15 is 0 Å². The lowest BCUT2D eigenvalue weighted by molar-refractivity contribution is -0.134. The van der Waals surface area contributed by atoms with Crippen molar-refractivity contribution in [2.45, 2.75) is 52.2 Å². The van der Waals surface area contributed by atoms with Gasteiger partial charge in [-0.3, -0.25) is 4.79 Å². The fourth-order valence-electron chi connectivity index (χ4n) is 2.85. The van der Waals surface area contributed by atoms with Gasteiger partial charge in [-0.15, -0.1) is 0 Å². The maximum Gasteiger partial charge on any atom is 0.239 e. The normalized spacial score (nSPS) is 17.6. The zero-order valence-corrected chi connectivity index (χ0v) is 13.9. The number of ether oxygens (including phenoxy) is 1. The molecule has 1 aromatic rings. The summed E-state index contributed by atoms with van der Waals surface area (Å²) in [5.74, 6) is 1.44. The number of piperidine rings is 1. The summed E-state index contributed by atoms with van der Waals surface area (Å²) in [5.41, 5.74) is 7.23. The minimum Gasteiger partial charge on any atom is -0.490 e. The number of amides is 1. The lowest BCUT2D eigenvalue weighted by atomic mass is 10.0. The average molecular weight is 304 g/mol. The molecule has 1 fully saturated rings. The fourth-order valence-corrected chi connectivity index (χ4v) is 2.85. The Balaban J connectivity index is 1.80. The van der Waals surface area contributed by atoms with E-state index in [2.05, 4.69) is 32.9 Å². The van der Waals surface area contributed by atoms with Gasteiger partial charge in [0, 0.05) is 25.9 Å². The first kappa shape index (κ1) is 16.8. The van der Waals surface area contributed by atoms with Gasteiger partial charge in [0.15, 0.2) is 0 Å². The Morgan fingerprint density at radius 1 is 1.27 bits per heavy atom. The van der Waals surface area contributed by atoms with Crippen molar-refractivity contribution in [1.29, 1.82) is 0 Å². The standard InChI is InChI=1S/C18H28N2O2/c1-13(2)12-17(19)18(21)20-10-8-16(9-11-20)22-15-6-4-14(3)5-7-15/h4-7,13,16-17H,8-12,19H2,1-3H3/t17-/m0/s1. The number of nitrogens with two attached hydrogens (primary N) is 1. The zero-order chi connectivity index (χ0) is 16.1. The monoisotopic (exact) mass is 304 g/mol. The molecule has 22 heavy (non-hydrogen) atoms. The minimum atomic E-state index is -0.366. The molecule has 2 rings (SSSR count). The van der Waals surface area contributed by atoms with E-state index in [0.717, 1.165) is 38.1 Å². The van der Waals surface area contributed by atoms with E-state index in [0.29, 0.717) is 5.92 Å². The number of benzene rings is 1. The second-order valence-electron chi connectivity index (χ2n) is 6.69. The van der Waals surface area contributed by atoms with E-state index in [-0.39, 0.29) is 18.1 Å². The SMILES string of the molecule is Cc1ccc(OC2CCN(C(=O)[C@@H](N)CC(C)C)CC2)cc1. The second kappa shape index (κ2) is 7.63. The van der Waals surface area contributed by atoms with Gasteiger partial charge >= 0.3 is 0 Å². The van der Waals surface area contributed by atoms with Gasteiger partial charge < -0.3 is 15.4 Å². The van der Waals surface area contributed by atoms with Gasteiger partial charge in [0.2, 0.25) is 5.91 Å². The quantitative estimate of drug-likeness (QED) is 0.910. The molecule has 4 heteroatoms.